The van der Waals surface area contributed by atoms with Gasteiger partial charge < -0.3 is 19.4 Å². The molecule has 2 aromatic heterocycles. The average molecular weight is 343 g/mol. The second-order valence-electron chi connectivity index (χ2n) is 6.28. The number of hydrogen-bond acceptors (Lipinski definition) is 4. The Kier molecular flexibility index (Phi) is 5.71. The minimum Gasteiger partial charge on any atom is -0.461 e. The van der Waals surface area contributed by atoms with Crippen LogP contribution < -0.4 is 5.32 Å². The van der Waals surface area contributed by atoms with Crippen molar-refractivity contribution in [3.63, 3.8) is 0 Å². The van der Waals surface area contributed by atoms with Gasteiger partial charge in [0.25, 0.3) is 0 Å². The van der Waals surface area contributed by atoms with Crippen LogP contribution in [0, 0.1) is 0 Å². The van der Waals surface area contributed by atoms with Gasteiger partial charge in [-0.15, -0.1) is 0 Å². The number of methoxy groups -OCH3 is 1. The van der Waals surface area contributed by atoms with E-state index in [2.05, 4.69) is 17.2 Å². The number of likely N-dealkylation sites (tertiary alicyclic amines) is 1. The van der Waals surface area contributed by atoms with E-state index in [4.69, 9.17) is 9.15 Å². The van der Waals surface area contributed by atoms with Gasteiger partial charge in [-0.1, -0.05) is 6.92 Å². The Bertz CT molecular complexity index is 686. The van der Waals surface area contributed by atoms with E-state index in [9.17, 15) is 4.79 Å². The van der Waals surface area contributed by atoms with Gasteiger partial charge in [0.05, 0.1) is 12.1 Å². The molecule has 2 aromatic rings. The molecule has 3 rings (SSSR count). The second kappa shape index (κ2) is 8.16. The van der Waals surface area contributed by atoms with Crippen LogP contribution in [0.3, 0.4) is 0 Å². The van der Waals surface area contributed by atoms with E-state index in [0.29, 0.717) is 6.61 Å². The minimum absolute atomic E-state index is 0.0134. The lowest BCUT2D eigenvalue weighted by molar-refractivity contribution is 0.155. The summed E-state index contributed by atoms with van der Waals surface area (Å²) in [4.78, 5) is 18.8. The zero-order valence-electron chi connectivity index (χ0n) is 14.8. The third-order valence-corrected chi connectivity index (χ3v) is 4.63. The number of carbonyl (C=O) groups excluding carboxylic acids is 1. The zero-order valence-corrected chi connectivity index (χ0v) is 14.8. The normalized spacial score (nSPS) is 18.3. The third-order valence-electron chi connectivity index (χ3n) is 4.63. The fourth-order valence-corrected chi connectivity index (χ4v) is 3.35. The molecule has 134 valence electrons. The van der Waals surface area contributed by atoms with Crippen LogP contribution in [0.2, 0.25) is 0 Å². The first-order valence-corrected chi connectivity index (χ1v) is 8.77. The summed E-state index contributed by atoms with van der Waals surface area (Å²) < 4.78 is 11.0. The van der Waals surface area contributed by atoms with Gasteiger partial charge in [-0.05, 0) is 49.1 Å². The third kappa shape index (κ3) is 4.02. The van der Waals surface area contributed by atoms with Crippen molar-refractivity contribution in [1.82, 2.24) is 15.2 Å². The van der Waals surface area contributed by atoms with Gasteiger partial charge in [0.1, 0.15) is 18.1 Å². The molecule has 2 atom stereocenters. The SMILES string of the molecule is CC[C@H](NC(=O)N1CCC[C@@H]1c1ccc(COC)o1)c1ccncc1. The molecule has 0 bridgehead atoms. The number of pyridine rings is 1. The van der Waals surface area contributed by atoms with Crippen molar-refractivity contribution in [3.05, 3.63) is 53.7 Å². The molecule has 6 nitrogen and oxygen atoms in total. The van der Waals surface area contributed by atoms with Gasteiger partial charge in [-0.25, -0.2) is 4.79 Å². The van der Waals surface area contributed by atoms with Crippen molar-refractivity contribution < 1.29 is 13.9 Å². The molecule has 0 spiro atoms. The molecule has 1 fully saturated rings. The summed E-state index contributed by atoms with van der Waals surface area (Å²) in [6.45, 7) is 3.25. The molecule has 2 amide bonds. The highest BCUT2D eigenvalue weighted by atomic mass is 16.5. The highest BCUT2D eigenvalue weighted by Crippen LogP contribution is 2.33. The quantitative estimate of drug-likeness (QED) is 0.866. The molecule has 0 radical (unpaired) electrons. The van der Waals surface area contributed by atoms with E-state index in [1.165, 1.54) is 0 Å². The number of rotatable bonds is 6. The standard InChI is InChI=1S/C19H25N3O3/c1-3-16(14-8-10-20-11-9-14)21-19(23)22-12-4-5-17(22)18-7-6-15(25-18)13-24-2/h6-11,16-17H,3-5,12-13H2,1-2H3,(H,21,23)/t16-,17+/m0/s1. The van der Waals surface area contributed by atoms with Gasteiger partial charge in [0, 0.05) is 26.0 Å². The summed E-state index contributed by atoms with van der Waals surface area (Å²) in [7, 11) is 1.64. The number of hydrogen-bond donors (Lipinski definition) is 1. The first kappa shape index (κ1) is 17.5. The lowest BCUT2D eigenvalue weighted by atomic mass is 10.1. The Balaban J connectivity index is 1.69. The molecule has 1 saturated heterocycles. The van der Waals surface area contributed by atoms with Crippen LogP contribution in [0.1, 0.15) is 55.4 Å². The monoisotopic (exact) mass is 343 g/mol. The summed E-state index contributed by atoms with van der Waals surface area (Å²) in [5.41, 5.74) is 1.07. The van der Waals surface area contributed by atoms with Crippen LogP contribution in [-0.2, 0) is 11.3 Å². The first-order chi connectivity index (χ1) is 12.2. The van der Waals surface area contributed by atoms with Crippen LogP contribution in [0.15, 0.2) is 41.1 Å². The molecule has 0 saturated carbocycles. The molecule has 1 aliphatic heterocycles. The molecule has 25 heavy (non-hydrogen) atoms. The highest BCUT2D eigenvalue weighted by molar-refractivity contribution is 5.75. The molecule has 0 aromatic carbocycles. The maximum Gasteiger partial charge on any atom is 0.318 e. The number of amides is 2. The molecule has 1 aliphatic rings. The van der Waals surface area contributed by atoms with E-state index in [1.807, 2.05) is 29.2 Å². The van der Waals surface area contributed by atoms with Crippen LogP contribution in [0.25, 0.3) is 0 Å². The van der Waals surface area contributed by atoms with Crippen molar-refractivity contribution in [3.8, 4) is 0 Å². The highest BCUT2D eigenvalue weighted by Gasteiger charge is 2.33. The number of nitrogens with zero attached hydrogens (tertiary/aromatic N) is 2. The van der Waals surface area contributed by atoms with Gasteiger partial charge in [0.2, 0.25) is 0 Å². The van der Waals surface area contributed by atoms with Crippen molar-refractivity contribution in [1.29, 1.82) is 0 Å². The Labute approximate surface area is 148 Å². The Morgan fingerprint density at radius 1 is 1.40 bits per heavy atom. The van der Waals surface area contributed by atoms with Gasteiger partial charge in [0.15, 0.2) is 0 Å². The maximum absolute atomic E-state index is 12.8. The van der Waals surface area contributed by atoms with Crippen LogP contribution in [0.4, 0.5) is 4.79 Å². The van der Waals surface area contributed by atoms with E-state index in [0.717, 1.165) is 42.9 Å². The Hall–Kier alpha value is -2.34. The number of aromatic nitrogens is 1. The van der Waals surface area contributed by atoms with E-state index in [1.54, 1.807) is 19.5 Å². The minimum atomic E-state index is -0.0455. The molecule has 1 N–H and O–H groups in total. The fraction of sp³-hybridized carbons (Fsp3) is 0.474. The Morgan fingerprint density at radius 3 is 2.92 bits per heavy atom. The van der Waals surface area contributed by atoms with Crippen LogP contribution in [-0.4, -0.2) is 29.6 Å². The van der Waals surface area contributed by atoms with E-state index in [-0.39, 0.29) is 18.1 Å². The Morgan fingerprint density at radius 2 is 2.20 bits per heavy atom. The number of furan rings is 1. The lowest BCUT2D eigenvalue weighted by Gasteiger charge is -2.26. The van der Waals surface area contributed by atoms with Gasteiger partial charge in [-0.3, -0.25) is 4.98 Å². The van der Waals surface area contributed by atoms with Crippen LogP contribution in [0.5, 0.6) is 0 Å². The molecular weight excluding hydrogens is 318 g/mol. The number of urea groups is 1. The summed E-state index contributed by atoms with van der Waals surface area (Å²) in [6, 6.07) is 7.68. The fourth-order valence-electron chi connectivity index (χ4n) is 3.35. The average Bonchev–Trinajstić information content (AvgIpc) is 3.29. The molecular formula is C19H25N3O3. The van der Waals surface area contributed by atoms with E-state index < -0.39 is 0 Å². The van der Waals surface area contributed by atoms with Crippen molar-refractivity contribution in [2.45, 2.75) is 44.9 Å². The van der Waals surface area contributed by atoms with Gasteiger partial charge >= 0.3 is 6.03 Å². The maximum atomic E-state index is 12.8. The van der Waals surface area contributed by atoms with Gasteiger partial charge in [-0.2, -0.15) is 0 Å². The molecule has 3 heterocycles. The number of nitrogens with one attached hydrogen (secondary N) is 1. The predicted octanol–water partition coefficient (Wildman–Crippen LogP) is 3.82. The predicted molar refractivity (Wildman–Crippen MR) is 93.9 cm³/mol. The van der Waals surface area contributed by atoms with E-state index >= 15 is 0 Å². The zero-order chi connectivity index (χ0) is 17.6. The van der Waals surface area contributed by atoms with Crippen LogP contribution >= 0.6 is 0 Å². The largest absolute Gasteiger partial charge is 0.461 e. The number of ether oxygens (including phenoxy) is 1. The topological polar surface area (TPSA) is 67.6 Å². The number of carbonyl (C=O) groups is 1. The van der Waals surface area contributed by atoms with Crippen molar-refractivity contribution in [2.24, 2.45) is 0 Å². The molecule has 6 heteroatoms. The molecule has 0 unspecified atom stereocenters. The summed E-state index contributed by atoms with van der Waals surface area (Å²) in [6.07, 6.45) is 6.23. The van der Waals surface area contributed by atoms with Crippen molar-refractivity contribution in [2.75, 3.05) is 13.7 Å². The first-order valence-electron chi connectivity index (χ1n) is 8.77. The van der Waals surface area contributed by atoms with Crippen molar-refractivity contribution >= 4 is 6.03 Å². The molecule has 0 aliphatic carbocycles. The smallest absolute Gasteiger partial charge is 0.318 e. The summed E-state index contributed by atoms with van der Waals surface area (Å²) >= 11 is 0. The summed E-state index contributed by atoms with van der Waals surface area (Å²) in [5.74, 6) is 1.62. The second-order valence-corrected chi connectivity index (χ2v) is 6.28. The lowest BCUT2D eigenvalue weighted by Crippen LogP contribution is -2.41. The summed E-state index contributed by atoms with van der Waals surface area (Å²) in [5, 5.41) is 3.15.